The second-order valence-corrected chi connectivity index (χ2v) is 5.27. The Morgan fingerprint density at radius 3 is 2.59 bits per heavy atom. The SMILES string of the molecule is CC(C)(C#N)CCNc1cc(F)c(Br)cc1F. The molecule has 92 valence electrons. The minimum absolute atomic E-state index is 0.0953. The van der Waals surface area contributed by atoms with Crippen LogP contribution in [0, 0.1) is 28.4 Å². The van der Waals surface area contributed by atoms with Crippen LogP contribution in [0.1, 0.15) is 20.3 Å². The van der Waals surface area contributed by atoms with Crippen molar-refractivity contribution >= 4 is 21.6 Å². The second-order valence-electron chi connectivity index (χ2n) is 4.42. The van der Waals surface area contributed by atoms with Crippen LogP contribution in [0.2, 0.25) is 0 Å². The second kappa shape index (κ2) is 5.46. The van der Waals surface area contributed by atoms with Crippen LogP contribution >= 0.6 is 15.9 Å². The van der Waals surface area contributed by atoms with Crippen LogP contribution in [0.25, 0.3) is 0 Å². The number of hydrogen-bond acceptors (Lipinski definition) is 2. The number of anilines is 1. The Balaban J connectivity index is 2.65. The van der Waals surface area contributed by atoms with E-state index >= 15 is 0 Å². The molecule has 0 aliphatic carbocycles. The molecule has 0 aliphatic heterocycles. The van der Waals surface area contributed by atoms with E-state index < -0.39 is 17.0 Å². The topological polar surface area (TPSA) is 35.8 Å². The first-order valence-corrected chi connectivity index (χ1v) is 5.95. The maximum atomic E-state index is 13.4. The molecule has 0 unspecified atom stereocenters. The van der Waals surface area contributed by atoms with E-state index in [-0.39, 0.29) is 10.2 Å². The van der Waals surface area contributed by atoms with Crippen molar-refractivity contribution in [1.29, 1.82) is 5.26 Å². The first kappa shape index (κ1) is 13.9. The van der Waals surface area contributed by atoms with Crippen molar-refractivity contribution < 1.29 is 8.78 Å². The molecule has 0 heterocycles. The van der Waals surface area contributed by atoms with Crippen molar-refractivity contribution in [2.24, 2.45) is 5.41 Å². The Morgan fingerprint density at radius 2 is 2.00 bits per heavy atom. The van der Waals surface area contributed by atoms with Gasteiger partial charge in [0.2, 0.25) is 0 Å². The van der Waals surface area contributed by atoms with Crippen LogP contribution in [-0.4, -0.2) is 6.54 Å². The number of benzene rings is 1. The van der Waals surface area contributed by atoms with Gasteiger partial charge in [-0.15, -0.1) is 0 Å². The third-order valence-electron chi connectivity index (χ3n) is 2.38. The van der Waals surface area contributed by atoms with E-state index in [2.05, 4.69) is 27.3 Å². The number of halogens is 3. The Kier molecular flexibility index (Phi) is 4.47. The highest BCUT2D eigenvalue weighted by molar-refractivity contribution is 9.10. The molecule has 1 aromatic rings. The van der Waals surface area contributed by atoms with Gasteiger partial charge in [-0.05, 0) is 42.3 Å². The van der Waals surface area contributed by atoms with E-state index in [0.717, 1.165) is 12.1 Å². The van der Waals surface area contributed by atoms with Gasteiger partial charge in [-0.1, -0.05) is 0 Å². The number of nitrogens with one attached hydrogen (secondary N) is 1. The lowest BCUT2D eigenvalue weighted by molar-refractivity contribution is 0.466. The van der Waals surface area contributed by atoms with E-state index in [0.29, 0.717) is 13.0 Å². The highest BCUT2D eigenvalue weighted by Crippen LogP contribution is 2.24. The van der Waals surface area contributed by atoms with Crippen LogP contribution in [-0.2, 0) is 0 Å². The number of rotatable bonds is 4. The summed E-state index contributed by atoms with van der Waals surface area (Å²) in [5, 5.41) is 11.6. The summed E-state index contributed by atoms with van der Waals surface area (Å²) < 4.78 is 26.7. The van der Waals surface area contributed by atoms with Gasteiger partial charge in [0.05, 0.1) is 21.6 Å². The van der Waals surface area contributed by atoms with Crippen LogP contribution in [0.15, 0.2) is 16.6 Å². The third-order valence-corrected chi connectivity index (χ3v) is 2.99. The van der Waals surface area contributed by atoms with Crippen LogP contribution in [0.5, 0.6) is 0 Å². The summed E-state index contributed by atoms with van der Waals surface area (Å²) in [6.45, 7) is 4.01. The van der Waals surface area contributed by atoms with Gasteiger partial charge in [0.15, 0.2) is 0 Å². The zero-order valence-electron chi connectivity index (χ0n) is 9.65. The Labute approximate surface area is 108 Å². The molecule has 1 aromatic carbocycles. The lowest BCUT2D eigenvalue weighted by Gasteiger charge is -2.16. The number of nitriles is 1. The summed E-state index contributed by atoms with van der Waals surface area (Å²) >= 11 is 2.91. The smallest absolute Gasteiger partial charge is 0.147 e. The summed E-state index contributed by atoms with van der Waals surface area (Å²) in [5.74, 6) is -1.04. The maximum absolute atomic E-state index is 13.4. The van der Waals surface area contributed by atoms with Crippen LogP contribution in [0.3, 0.4) is 0 Å². The standard InChI is InChI=1S/C12H13BrF2N2/c1-12(2,7-16)3-4-17-11-6-9(14)8(13)5-10(11)15/h5-6,17H,3-4H2,1-2H3. The molecule has 17 heavy (non-hydrogen) atoms. The summed E-state index contributed by atoms with van der Waals surface area (Å²) in [6.07, 6.45) is 0.556. The highest BCUT2D eigenvalue weighted by Gasteiger charge is 2.16. The first-order valence-electron chi connectivity index (χ1n) is 5.15. The molecule has 0 fully saturated rings. The van der Waals surface area contributed by atoms with Gasteiger partial charge < -0.3 is 5.32 Å². The fourth-order valence-corrected chi connectivity index (χ4v) is 1.54. The Bertz CT molecular complexity index is 453. The molecule has 0 spiro atoms. The molecule has 0 radical (unpaired) electrons. The molecule has 1 rings (SSSR count). The predicted octanol–water partition coefficient (Wildman–Crippen LogP) is 4.08. The van der Waals surface area contributed by atoms with Gasteiger partial charge in [-0.2, -0.15) is 5.26 Å². The molecule has 1 N–H and O–H groups in total. The molecule has 0 aliphatic rings. The van der Waals surface area contributed by atoms with Gasteiger partial charge in [0.1, 0.15) is 11.6 Å². The molecule has 0 bridgehead atoms. The molecule has 0 saturated carbocycles. The van der Waals surface area contributed by atoms with Gasteiger partial charge in [0, 0.05) is 12.6 Å². The zero-order chi connectivity index (χ0) is 13.1. The van der Waals surface area contributed by atoms with E-state index in [4.69, 9.17) is 5.26 Å². The number of nitrogens with zero attached hydrogens (tertiary/aromatic N) is 1. The lowest BCUT2D eigenvalue weighted by Crippen LogP contribution is -2.15. The average Bonchev–Trinajstić information content (AvgIpc) is 2.25. The van der Waals surface area contributed by atoms with E-state index in [9.17, 15) is 8.78 Å². The van der Waals surface area contributed by atoms with Crippen molar-refractivity contribution in [3.05, 3.63) is 28.2 Å². The highest BCUT2D eigenvalue weighted by atomic mass is 79.9. The van der Waals surface area contributed by atoms with Gasteiger partial charge in [-0.3, -0.25) is 0 Å². The summed E-state index contributed by atoms with van der Waals surface area (Å²) in [5.41, 5.74) is -0.364. The Morgan fingerprint density at radius 1 is 1.35 bits per heavy atom. The summed E-state index contributed by atoms with van der Waals surface area (Å²) in [7, 11) is 0. The summed E-state index contributed by atoms with van der Waals surface area (Å²) in [4.78, 5) is 0. The van der Waals surface area contributed by atoms with Crippen molar-refractivity contribution in [3.8, 4) is 6.07 Å². The molecule has 0 amide bonds. The largest absolute Gasteiger partial charge is 0.383 e. The molecular weight excluding hydrogens is 290 g/mol. The van der Waals surface area contributed by atoms with E-state index in [1.54, 1.807) is 13.8 Å². The summed E-state index contributed by atoms with van der Waals surface area (Å²) in [6, 6.07) is 4.32. The van der Waals surface area contributed by atoms with Gasteiger partial charge in [0.25, 0.3) is 0 Å². The first-order chi connectivity index (χ1) is 7.85. The van der Waals surface area contributed by atoms with Crippen molar-refractivity contribution in [2.45, 2.75) is 20.3 Å². The van der Waals surface area contributed by atoms with Crippen LogP contribution in [0.4, 0.5) is 14.5 Å². The fraction of sp³-hybridized carbons (Fsp3) is 0.417. The molecule has 2 nitrogen and oxygen atoms in total. The molecule has 0 aromatic heterocycles. The van der Waals surface area contributed by atoms with E-state index in [1.807, 2.05) is 0 Å². The van der Waals surface area contributed by atoms with Crippen molar-refractivity contribution in [3.63, 3.8) is 0 Å². The lowest BCUT2D eigenvalue weighted by atomic mass is 9.91. The van der Waals surface area contributed by atoms with Crippen LogP contribution < -0.4 is 5.32 Å². The molecule has 0 saturated heterocycles. The molecule has 0 atom stereocenters. The third kappa shape index (κ3) is 3.97. The minimum atomic E-state index is -0.520. The normalized spacial score (nSPS) is 11.1. The maximum Gasteiger partial charge on any atom is 0.147 e. The Hall–Kier alpha value is -1.15. The average molecular weight is 303 g/mol. The molecular formula is C12H13BrF2N2. The predicted molar refractivity (Wildman–Crippen MR) is 66.6 cm³/mol. The fourth-order valence-electron chi connectivity index (χ4n) is 1.22. The van der Waals surface area contributed by atoms with Crippen molar-refractivity contribution in [1.82, 2.24) is 0 Å². The van der Waals surface area contributed by atoms with Crippen molar-refractivity contribution in [2.75, 3.05) is 11.9 Å². The number of hydrogen-bond donors (Lipinski definition) is 1. The zero-order valence-corrected chi connectivity index (χ0v) is 11.2. The monoisotopic (exact) mass is 302 g/mol. The van der Waals surface area contributed by atoms with E-state index in [1.165, 1.54) is 0 Å². The quantitative estimate of drug-likeness (QED) is 0.851. The molecule has 5 heteroatoms. The van der Waals surface area contributed by atoms with Gasteiger partial charge in [-0.25, -0.2) is 8.78 Å². The van der Waals surface area contributed by atoms with Gasteiger partial charge >= 0.3 is 0 Å². The minimum Gasteiger partial charge on any atom is -0.383 e.